The number of carbonyl (C=O) groups excluding carboxylic acids is 1. The number of para-hydroxylation sites is 1. The van der Waals surface area contributed by atoms with Crippen molar-refractivity contribution in [2.75, 3.05) is 25.1 Å². The first kappa shape index (κ1) is 21.0. The minimum atomic E-state index is -4.39. The van der Waals surface area contributed by atoms with E-state index in [1.165, 1.54) is 6.07 Å². The van der Waals surface area contributed by atoms with Crippen molar-refractivity contribution in [3.05, 3.63) is 53.7 Å². The molecule has 156 valence electrons. The molecule has 0 bridgehead atoms. The number of aromatic nitrogens is 1. The predicted octanol–water partition coefficient (Wildman–Crippen LogP) is 4.20. The van der Waals surface area contributed by atoms with Gasteiger partial charge in [-0.3, -0.25) is 4.79 Å². The number of ether oxygens (including phenoxy) is 1. The van der Waals surface area contributed by atoms with Crippen molar-refractivity contribution in [1.82, 2.24) is 10.3 Å². The fourth-order valence-electron chi connectivity index (χ4n) is 3.54. The third-order valence-corrected chi connectivity index (χ3v) is 5.23. The molecule has 0 radical (unpaired) electrons. The van der Waals surface area contributed by atoms with Crippen LogP contribution < -0.4 is 15.0 Å². The third-order valence-electron chi connectivity index (χ3n) is 5.23. The van der Waals surface area contributed by atoms with Gasteiger partial charge >= 0.3 is 6.18 Å². The van der Waals surface area contributed by atoms with Crippen molar-refractivity contribution in [3.8, 4) is 5.75 Å². The van der Waals surface area contributed by atoms with E-state index >= 15 is 0 Å². The number of nitrogens with one attached hydrogen (secondary N) is 1. The predicted molar refractivity (Wildman–Crippen MR) is 104 cm³/mol. The number of rotatable bonds is 5. The van der Waals surface area contributed by atoms with E-state index in [4.69, 9.17) is 4.74 Å². The van der Waals surface area contributed by atoms with Crippen LogP contribution in [0.3, 0.4) is 0 Å². The summed E-state index contributed by atoms with van der Waals surface area (Å²) in [5.41, 5.74) is 0.149. The van der Waals surface area contributed by atoms with Crippen LogP contribution in [0.2, 0.25) is 0 Å². The van der Waals surface area contributed by atoms with Gasteiger partial charge in [-0.05, 0) is 38.0 Å². The van der Waals surface area contributed by atoms with Crippen molar-refractivity contribution in [2.45, 2.75) is 32.0 Å². The maximum absolute atomic E-state index is 12.7. The van der Waals surface area contributed by atoms with Crippen molar-refractivity contribution >= 4 is 11.7 Å². The number of amides is 1. The van der Waals surface area contributed by atoms with Crippen LogP contribution in [0, 0.1) is 5.92 Å². The van der Waals surface area contributed by atoms with E-state index in [2.05, 4.69) is 10.3 Å². The zero-order valence-corrected chi connectivity index (χ0v) is 16.4. The number of anilines is 1. The average molecular weight is 407 g/mol. The van der Waals surface area contributed by atoms with Crippen molar-refractivity contribution in [3.63, 3.8) is 0 Å². The van der Waals surface area contributed by atoms with Gasteiger partial charge < -0.3 is 15.0 Å². The molecular weight excluding hydrogens is 383 g/mol. The molecule has 1 fully saturated rings. The number of alkyl halides is 3. The first-order valence-corrected chi connectivity index (χ1v) is 9.51. The van der Waals surface area contributed by atoms with Crippen molar-refractivity contribution < 1.29 is 22.7 Å². The lowest BCUT2D eigenvalue weighted by Crippen LogP contribution is -2.41. The van der Waals surface area contributed by atoms with Gasteiger partial charge in [-0.2, -0.15) is 13.2 Å². The van der Waals surface area contributed by atoms with E-state index in [9.17, 15) is 18.0 Å². The number of halogens is 3. The summed E-state index contributed by atoms with van der Waals surface area (Å²) in [6, 6.07) is 9.78. The smallest absolute Gasteiger partial charge is 0.417 e. The Morgan fingerprint density at radius 3 is 2.48 bits per heavy atom. The monoisotopic (exact) mass is 407 g/mol. The SMILES string of the molecule is COc1ccccc1[C@H](C)NC(=O)C1CCN(c2ccc(C(F)(F)F)cn2)CC1. The highest BCUT2D eigenvalue weighted by atomic mass is 19.4. The molecule has 2 heterocycles. The fourth-order valence-corrected chi connectivity index (χ4v) is 3.54. The summed E-state index contributed by atoms with van der Waals surface area (Å²) < 4.78 is 43.4. The van der Waals surface area contributed by atoms with Gasteiger partial charge in [0.1, 0.15) is 11.6 Å². The maximum atomic E-state index is 12.7. The lowest BCUT2D eigenvalue weighted by molar-refractivity contribution is -0.137. The zero-order valence-electron chi connectivity index (χ0n) is 16.4. The van der Waals surface area contributed by atoms with Gasteiger partial charge in [-0.15, -0.1) is 0 Å². The highest BCUT2D eigenvalue weighted by molar-refractivity contribution is 5.79. The van der Waals surface area contributed by atoms with Gasteiger partial charge in [0.05, 0.1) is 18.7 Å². The van der Waals surface area contributed by atoms with Crippen molar-refractivity contribution in [1.29, 1.82) is 0 Å². The van der Waals surface area contributed by atoms with Crippen LogP contribution in [-0.2, 0) is 11.0 Å². The Bertz CT molecular complexity index is 832. The first-order chi connectivity index (χ1) is 13.8. The van der Waals surface area contributed by atoms with Gasteiger partial charge in [0, 0.05) is 30.8 Å². The van der Waals surface area contributed by atoms with Crippen LogP contribution >= 0.6 is 0 Å². The highest BCUT2D eigenvalue weighted by Crippen LogP contribution is 2.30. The van der Waals surface area contributed by atoms with Gasteiger partial charge in [-0.1, -0.05) is 18.2 Å². The number of nitrogens with zero attached hydrogens (tertiary/aromatic N) is 2. The van der Waals surface area contributed by atoms with Crippen LogP contribution in [0.1, 0.15) is 36.9 Å². The average Bonchev–Trinajstić information content (AvgIpc) is 2.73. The van der Waals surface area contributed by atoms with E-state index in [0.29, 0.717) is 31.7 Å². The molecule has 1 aromatic carbocycles. The number of carbonyl (C=O) groups is 1. The Balaban J connectivity index is 1.55. The van der Waals surface area contributed by atoms with E-state index < -0.39 is 11.7 Å². The molecular formula is C21H24F3N3O2. The molecule has 0 spiro atoms. The fraction of sp³-hybridized carbons (Fsp3) is 0.429. The van der Waals surface area contributed by atoms with Crippen molar-refractivity contribution in [2.24, 2.45) is 5.92 Å². The largest absolute Gasteiger partial charge is 0.496 e. The molecule has 1 N–H and O–H groups in total. The summed E-state index contributed by atoms with van der Waals surface area (Å²) in [4.78, 5) is 18.5. The highest BCUT2D eigenvalue weighted by Gasteiger charge is 2.31. The molecule has 1 saturated heterocycles. The summed E-state index contributed by atoms with van der Waals surface area (Å²) in [7, 11) is 1.60. The van der Waals surface area contributed by atoms with Gasteiger partial charge in [0.25, 0.3) is 0 Å². The van der Waals surface area contributed by atoms with Crippen LogP contribution in [0.4, 0.5) is 19.0 Å². The molecule has 0 unspecified atom stereocenters. The van der Waals surface area contributed by atoms with Crippen LogP contribution in [-0.4, -0.2) is 31.1 Å². The zero-order chi connectivity index (χ0) is 21.0. The van der Waals surface area contributed by atoms with E-state index in [1.807, 2.05) is 36.1 Å². The topological polar surface area (TPSA) is 54.5 Å². The first-order valence-electron chi connectivity index (χ1n) is 9.51. The third kappa shape index (κ3) is 4.99. The molecule has 1 aliphatic heterocycles. The van der Waals surface area contributed by atoms with Gasteiger partial charge in [0.2, 0.25) is 5.91 Å². The second-order valence-corrected chi connectivity index (χ2v) is 7.14. The summed E-state index contributed by atoms with van der Waals surface area (Å²) in [6.07, 6.45) is -2.31. The normalized spacial score (nSPS) is 16.4. The molecule has 2 aromatic rings. The molecule has 3 rings (SSSR count). The number of piperidine rings is 1. The summed E-state index contributed by atoms with van der Waals surface area (Å²) >= 11 is 0. The van der Waals surface area contributed by atoms with Crippen LogP contribution in [0.5, 0.6) is 5.75 Å². The minimum Gasteiger partial charge on any atom is -0.496 e. The molecule has 0 aliphatic carbocycles. The minimum absolute atomic E-state index is 0.0246. The lowest BCUT2D eigenvalue weighted by atomic mass is 9.95. The second-order valence-electron chi connectivity index (χ2n) is 7.14. The Morgan fingerprint density at radius 2 is 1.90 bits per heavy atom. The molecule has 1 aromatic heterocycles. The Kier molecular flexibility index (Phi) is 6.30. The molecule has 1 aliphatic rings. The van der Waals surface area contributed by atoms with Gasteiger partial charge in [-0.25, -0.2) is 4.98 Å². The Labute approximate surface area is 167 Å². The van der Waals surface area contributed by atoms with Crippen LogP contribution in [0.15, 0.2) is 42.6 Å². The quantitative estimate of drug-likeness (QED) is 0.807. The van der Waals surface area contributed by atoms with E-state index in [-0.39, 0.29) is 17.9 Å². The Hall–Kier alpha value is -2.77. The number of pyridine rings is 1. The van der Waals surface area contributed by atoms with Gasteiger partial charge in [0.15, 0.2) is 0 Å². The maximum Gasteiger partial charge on any atom is 0.417 e. The standard InChI is InChI=1S/C21H24F3N3O2/c1-14(17-5-3-4-6-18(17)29-2)26-20(28)15-9-11-27(12-10-15)19-8-7-16(13-25-19)21(22,23)24/h3-8,13-15H,9-12H2,1-2H3,(H,26,28)/t14-/m0/s1. The Morgan fingerprint density at radius 1 is 1.21 bits per heavy atom. The molecule has 0 saturated carbocycles. The number of hydrogen-bond donors (Lipinski definition) is 1. The number of hydrogen-bond acceptors (Lipinski definition) is 4. The molecule has 1 atom stereocenters. The second kappa shape index (κ2) is 8.71. The summed E-state index contributed by atoms with van der Waals surface area (Å²) in [5, 5.41) is 3.04. The molecule has 1 amide bonds. The number of methoxy groups -OCH3 is 1. The molecule has 8 heteroatoms. The van der Waals surface area contributed by atoms with E-state index in [1.54, 1.807) is 7.11 Å². The number of benzene rings is 1. The van der Waals surface area contributed by atoms with Crippen LogP contribution in [0.25, 0.3) is 0 Å². The molecule has 5 nitrogen and oxygen atoms in total. The summed E-state index contributed by atoms with van der Waals surface area (Å²) in [5.74, 6) is 1.06. The molecule has 29 heavy (non-hydrogen) atoms. The lowest BCUT2D eigenvalue weighted by Gasteiger charge is -2.32. The van der Waals surface area contributed by atoms with E-state index in [0.717, 1.165) is 23.6 Å². The summed E-state index contributed by atoms with van der Waals surface area (Å²) in [6.45, 7) is 3.05.